The van der Waals surface area contributed by atoms with Crippen LogP contribution >= 0.6 is 39.9 Å². The van der Waals surface area contributed by atoms with Gasteiger partial charge in [0.05, 0.1) is 0 Å². The van der Waals surface area contributed by atoms with Crippen LogP contribution in [-0.4, -0.2) is 22.5 Å². The molecule has 5 heteroatoms. The quantitative estimate of drug-likeness (QED) is 0.792. The zero-order valence-electron chi connectivity index (χ0n) is 11.0. The number of benzene rings is 1. The van der Waals surface area contributed by atoms with Crippen molar-refractivity contribution in [2.45, 2.75) is 37.0 Å². The van der Waals surface area contributed by atoms with Crippen LogP contribution in [0.25, 0.3) is 0 Å². The van der Waals surface area contributed by atoms with Gasteiger partial charge in [-0.2, -0.15) is 11.8 Å². The summed E-state index contributed by atoms with van der Waals surface area (Å²) in [6, 6.07) is 6.57. The lowest BCUT2D eigenvalue weighted by atomic mass is 9.94. The number of thiocarbonyl (C=S) groups is 1. The molecule has 3 N–H and O–H groups in total. The van der Waals surface area contributed by atoms with E-state index in [4.69, 9.17) is 18.0 Å². The second kappa shape index (κ2) is 6.95. The van der Waals surface area contributed by atoms with E-state index in [2.05, 4.69) is 33.6 Å². The molecule has 2 rings (SSSR count). The highest BCUT2D eigenvalue weighted by atomic mass is 79.9. The number of rotatable bonds is 4. The van der Waals surface area contributed by atoms with Gasteiger partial charge in [-0.25, -0.2) is 0 Å². The summed E-state index contributed by atoms with van der Waals surface area (Å²) in [4.78, 5) is 0.437. The number of thioether (sulfide) groups is 1. The van der Waals surface area contributed by atoms with Crippen LogP contribution in [0.5, 0.6) is 0 Å². The number of nitrogens with one attached hydrogen (secondary N) is 1. The minimum atomic E-state index is 0.437. The Balaban J connectivity index is 2.14. The highest BCUT2D eigenvalue weighted by Crippen LogP contribution is 2.31. The number of nitrogens with two attached hydrogens (primary N) is 1. The van der Waals surface area contributed by atoms with E-state index >= 15 is 0 Å². The van der Waals surface area contributed by atoms with Gasteiger partial charge in [0.15, 0.2) is 0 Å². The summed E-state index contributed by atoms with van der Waals surface area (Å²) >= 11 is 10.7. The van der Waals surface area contributed by atoms with Crippen molar-refractivity contribution in [2.75, 3.05) is 11.6 Å². The van der Waals surface area contributed by atoms with Crippen LogP contribution < -0.4 is 11.1 Å². The average Bonchev–Trinajstić information content (AvgIpc) is 2.38. The normalized spacial score (nSPS) is 23.1. The fourth-order valence-electron chi connectivity index (χ4n) is 2.60. The molecule has 2 unspecified atom stereocenters. The average molecular weight is 359 g/mol. The number of anilines is 1. The van der Waals surface area contributed by atoms with Gasteiger partial charge in [-0.05, 0) is 53.6 Å². The Morgan fingerprint density at radius 1 is 1.47 bits per heavy atom. The van der Waals surface area contributed by atoms with E-state index in [1.165, 1.54) is 25.7 Å². The topological polar surface area (TPSA) is 38.0 Å². The number of hydrogen-bond donors (Lipinski definition) is 2. The monoisotopic (exact) mass is 358 g/mol. The Labute approximate surface area is 133 Å². The first-order chi connectivity index (χ1) is 9.11. The van der Waals surface area contributed by atoms with E-state index in [9.17, 15) is 0 Å². The van der Waals surface area contributed by atoms with Crippen molar-refractivity contribution in [1.82, 2.24) is 0 Å². The molecule has 104 valence electrons. The summed E-state index contributed by atoms with van der Waals surface area (Å²) in [7, 11) is 0. The minimum absolute atomic E-state index is 0.437. The lowest BCUT2D eigenvalue weighted by molar-refractivity contribution is 0.473. The number of hydrogen-bond acceptors (Lipinski definition) is 3. The molecule has 0 radical (unpaired) electrons. The fraction of sp³-hybridized carbons (Fsp3) is 0.500. The fourth-order valence-corrected chi connectivity index (χ4v) is 4.36. The van der Waals surface area contributed by atoms with Gasteiger partial charge in [0.2, 0.25) is 0 Å². The smallest absolute Gasteiger partial charge is 0.107 e. The van der Waals surface area contributed by atoms with Crippen molar-refractivity contribution in [1.29, 1.82) is 0 Å². The second-order valence-corrected chi connectivity index (χ2v) is 7.32. The molecule has 1 aromatic rings. The first-order valence-electron chi connectivity index (χ1n) is 6.49. The standard InChI is InChI=1S/C14H19BrN2S2/c1-19-10-5-2-4-9(8-10)17-12-7-3-6-11(15)13(12)14(16)18/h3,6-7,9-10,17H,2,4-5,8H2,1H3,(H2,16,18). The molecular formula is C14H19BrN2S2. The molecule has 0 heterocycles. The first kappa shape index (κ1) is 15.1. The number of halogens is 1. The minimum Gasteiger partial charge on any atom is -0.389 e. The van der Waals surface area contributed by atoms with Crippen molar-refractivity contribution in [3.8, 4) is 0 Å². The summed E-state index contributed by atoms with van der Waals surface area (Å²) in [6.07, 6.45) is 7.26. The van der Waals surface area contributed by atoms with Gasteiger partial charge in [-0.1, -0.05) is 24.7 Å². The molecule has 1 aliphatic rings. The third-order valence-electron chi connectivity index (χ3n) is 3.58. The maximum Gasteiger partial charge on any atom is 0.107 e. The summed E-state index contributed by atoms with van der Waals surface area (Å²) in [5.74, 6) is 0. The summed E-state index contributed by atoms with van der Waals surface area (Å²) in [6.45, 7) is 0. The van der Waals surface area contributed by atoms with Crippen molar-refractivity contribution in [2.24, 2.45) is 5.73 Å². The van der Waals surface area contributed by atoms with Crippen LogP contribution in [0, 0.1) is 0 Å². The first-order valence-corrected chi connectivity index (χ1v) is 8.98. The molecule has 0 aromatic heterocycles. The lowest BCUT2D eigenvalue weighted by Crippen LogP contribution is -2.29. The van der Waals surface area contributed by atoms with Crippen LogP contribution in [0.1, 0.15) is 31.2 Å². The van der Waals surface area contributed by atoms with Crippen LogP contribution in [0.15, 0.2) is 22.7 Å². The molecule has 1 saturated carbocycles. The third-order valence-corrected chi connectivity index (χ3v) is 5.54. The van der Waals surface area contributed by atoms with E-state index < -0.39 is 0 Å². The van der Waals surface area contributed by atoms with Crippen molar-refractivity contribution >= 4 is 50.6 Å². The molecule has 1 fully saturated rings. The van der Waals surface area contributed by atoms with Crippen LogP contribution in [-0.2, 0) is 0 Å². The highest BCUT2D eigenvalue weighted by Gasteiger charge is 2.22. The molecule has 2 atom stereocenters. The summed E-state index contributed by atoms with van der Waals surface area (Å²) in [5, 5.41) is 4.40. The van der Waals surface area contributed by atoms with Gasteiger partial charge in [-0.15, -0.1) is 0 Å². The lowest BCUT2D eigenvalue weighted by Gasteiger charge is -2.30. The third kappa shape index (κ3) is 3.86. The van der Waals surface area contributed by atoms with Gasteiger partial charge in [-0.3, -0.25) is 0 Å². The van der Waals surface area contributed by atoms with Gasteiger partial charge in [0, 0.05) is 27.0 Å². The summed E-state index contributed by atoms with van der Waals surface area (Å²) < 4.78 is 0.960. The van der Waals surface area contributed by atoms with Crippen molar-refractivity contribution in [3.63, 3.8) is 0 Å². The zero-order chi connectivity index (χ0) is 13.8. The molecule has 0 bridgehead atoms. The molecule has 0 saturated heterocycles. The Hall–Kier alpha value is -0.260. The Morgan fingerprint density at radius 2 is 2.26 bits per heavy atom. The molecule has 0 amide bonds. The van der Waals surface area contributed by atoms with E-state index in [0.717, 1.165) is 21.0 Å². The SMILES string of the molecule is CSC1CCCC(Nc2cccc(Br)c2C(N)=S)C1. The predicted octanol–water partition coefficient (Wildman–Crippen LogP) is 4.17. The molecule has 19 heavy (non-hydrogen) atoms. The molecule has 0 spiro atoms. The second-order valence-electron chi connectivity index (χ2n) is 4.89. The van der Waals surface area contributed by atoms with Gasteiger partial charge in [0.1, 0.15) is 4.99 Å². The molecule has 1 aliphatic carbocycles. The van der Waals surface area contributed by atoms with Crippen LogP contribution in [0.4, 0.5) is 5.69 Å². The van der Waals surface area contributed by atoms with E-state index in [1.807, 2.05) is 23.9 Å². The van der Waals surface area contributed by atoms with E-state index in [0.29, 0.717) is 11.0 Å². The largest absolute Gasteiger partial charge is 0.389 e. The van der Waals surface area contributed by atoms with E-state index in [1.54, 1.807) is 0 Å². The highest BCUT2D eigenvalue weighted by molar-refractivity contribution is 9.10. The molecule has 0 aliphatic heterocycles. The van der Waals surface area contributed by atoms with E-state index in [-0.39, 0.29) is 0 Å². The van der Waals surface area contributed by atoms with Gasteiger partial charge in [0.25, 0.3) is 0 Å². The molecule has 1 aromatic carbocycles. The summed E-state index contributed by atoms with van der Waals surface area (Å²) in [5.41, 5.74) is 7.80. The zero-order valence-corrected chi connectivity index (χ0v) is 14.2. The molecular weight excluding hydrogens is 340 g/mol. The Kier molecular flexibility index (Phi) is 5.54. The van der Waals surface area contributed by atoms with Crippen molar-refractivity contribution < 1.29 is 0 Å². The predicted molar refractivity (Wildman–Crippen MR) is 93.2 cm³/mol. The van der Waals surface area contributed by atoms with Crippen LogP contribution in [0.2, 0.25) is 0 Å². The van der Waals surface area contributed by atoms with Crippen molar-refractivity contribution in [3.05, 3.63) is 28.2 Å². The van der Waals surface area contributed by atoms with Crippen LogP contribution in [0.3, 0.4) is 0 Å². The van der Waals surface area contributed by atoms with Gasteiger partial charge >= 0.3 is 0 Å². The maximum atomic E-state index is 5.83. The Morgan fingerprint density at radius 3 is 2.95 bits per heavy atom. The van der Waals surface area contributed by atoms with Gasteiger partial charge < -0.3 is 11.1 Å². The maximum absolute atomic E-state index is 5.83. The Bertz CT molecular complexity index is 465. The molecule has 2 nitrogen and oxygen atoms in total.